The van der Waals surface area contributed by atoms with Crippen molar-refractivity contribution in [2.24, 2.45) is 0 Å². The van der Waals surface area contributed by atoms with Gasteiger partial charge in [0.15, 0.2) is 0 Å². The van der Waals surface area contributed by atoms with Gasteiger partial charge in [0.1, 0.15) is 5.75 Å². The zero-order valence-electron chi connectivity index (χ0n) is 18.8. The summed E-state index contributed by atoms with van der Waals surface area (Å²) in [5, 5.41) is 1.12. The summed E-state index contributed by atoms with van der Waals surface area (Å²) >= 11 is 0. The van der Waals surface area contributed by atoms with Crippen LogP contribution in [0, 0.1) is 0 Å². The van der Waals surface area contributed by atoms with Crippen molar-refractivity contribution >= 4 is 17.0 Å². The Morgan fingerprint density at radius 2 is 1.90 bits per heavy atom. The normalized spacial score (nSPS) is 20.7. The number of hydrogen-bond donors (Lipinski definition) is 0. The van der Waals surface area contributed by atoms with Crippen LogP contribution in [0.15, 0.2) is 30.3 Å². The molecule has 0 saturated carbocycles. The predicted molar refractivity (Wildman–Crippen MR) is 121 cm³/mol. The predicted octanol–water partition coefficient (Wildman–Crippen LogP) is 3.37. The number of aromatic nitrogens is 1. The van der Waals surface area contributed by atoms with Crippen LogP contribution in [0.1, 0.15) is 32.4 Å². The van der Waals surface area contributed by atoms with Gasteiger partial charge in [0.2, 0.25) is 0 Å². The second kappa shape index (κ2) is 10.3. The quantitative estimate of drug-likeness (QED) is 0.706. The molecule has 1 unspecified atom stereocenters. The minimum atomic E-state index is -0.178. The van der Waals surface area contributed by atoms with E-state index in [9.17, 15) is 4.79 Å². The van der Waals surface area contributed by atoms with Gasteiger partial charge in [-0.25, -0.2) is 4.79 Å². The molecule has 2 aliphatic rings. The van der Waals surface area contributed by atoms with Crippen LogP contribution in [-0.4, -0.2) is 84.3 Å². The second-order valence-electron chi connectivity index (χ2n) is 8.34. The summed E-state index contributed by atoms with van der Waals surface area (Å²) in [7, 11) is 0. The molecule has 0 bridgehead atoms. The van der Waals surface area contributed by atoms with Crippen molar-refractivity contribution in [3.8, 4) is 5.75 Å². The number of rotatable bonds is 6. The molecule has 0 radical (unpaired) electrons. The smallest absolute Gasteiger partial charge is 0.409 e. The Balaban J connectivity index is 1.33. The first-order valence-electron chi connectivity index (χ1n) is 11.6. The molecule has 3 heterocycles. The van der Waals surface area contributed by atoms with E-state index in [1.54, 1.807) is 0 Å². The molecule has 1 aromatic carbocycles. The van der Waals surface area contributed by atoms with Crippen LogP contribution in [0.3, 0.4) is 0 Å². The van der Waals surface area contributed by atoms with Crippen molar-refractivity contribution in [3.05, 3.63) is 36.0 Å². The highest BCUT2D eigenvalue weighted by Crippen LogP contribution is 2.22. The number of piperidine rings is 1. The monoisotopic (exact) mass is 426 g/mol. The molecule has 0 aliphatic carbocycles. The number of nitrogens with zero attached hydrogens (tertiary/aromatic N) is 4. The van der Waals surface area contributed by atoms with Crippen LogP contribution in [0.5, 0.6) is 5.75 Å². The Kier molecular flexibility index (Phi) is 7.25. The maximum Gasteiger partial charge on any atom is 0.409 e. The number of benzene rings is 1. The van der Waals surface area contributed by atoms with Crippen LogP contribution >= 0.6 is 0 Å². The molecule has 1 amide bonds. The van der Waals surface area contributed by atoms with Crippen molar-refractivity contribution < 1.29 is 14.3 Å². The fraction of sp³-hybridized carbons (Fsp3) is 0.583. The number of carbonyl (C=O) groups is 1. The lowest BCUT2D eigenvalue weighted by Gasteiger charge is -2.43. The third-order valence-corrected chi connectivity index (χ3v) is 6.25. The number of fused-ring (bicyclic) bond motifs is 1. The molecule has 168 valence electrons. The fourth-order valence-electron chi connectivity index (χ4n) is 4.68. The Morgan fingerprint density at radius 3 is 2.68 bits per heavy atom. The van der Waals surface area contributed by atoms with Gasteiger partial charge in [-0.3, -0.25) is 14.8 Å². The molecule has 2 aromatic rings. The van der Waals surface area contributed by atoms with Crippen LogP contribution < -0.4 is 4.74 Å². The highest BCUT2D eigenvalue weighted by atomic mass is 16.6. The fourth-order valence-corrected chi connectivity index (χ4v) is 4.68. The number of ether oxygens (including phenoxy) is 2. The summed E-state index contributed by atoms with van der Waals surface area (Å²) in [5.41, 5.74) is 2.13. The summed E-state index contributed by atoms with van der Waals surface area (Å²) < 4.78 is 10.7. The summed E-state index contributed by atoms with van der Waals surface area (Å²) in [5.74, 6) is 0.895. The lowest BCUT2D eigenvalue weighted by Crippen LogP contribution is -2.55. The zero-order chi connectivity index (χ0) is 21.6. The Bertz CT molecular complexity index is 882. The molecule has 7 heteroatoms. The second-order valence-corrected chi connectivity index (χ2v) is 8.34. The van der Waals surface area contributed by atoms with Crippen LogP contribution in [0.2, 0.25) is 0 Å². The molecule has 1 atom stereocenters. The van der Waals surface area contributed by atoms with Crippen molar-refractivity contribution in [1.82, 2.24) is 19.7 Å². The number of amides is 1. The van der Waals surface area contributed by atoms with Crippen LogP contribution in [0.25, 0.3) is 10.9 Å². The van der Waals surface area contributed by atoms with E-state index in [0.717, 1.165) is 68.2 Å². The van der Waals surface area contributed by atoms with Crippen molar-refractivity contribution in [2.75, 3.05) is 52.5 Å². The molecule has 2 aliphatic heterocycles. The van der Waals surface area contributed by atoms with Gasteiger partial charge in [0.25, 0.3) is 0 Å². The average molecular weight is 427 g/mol. The van der Waals surface area contributed by atoms with E-state index >= 15 is 0 Å². The molecule has 1 aromatic heterocycles. The van der Waals surface area contributed by atoms with E-state index in [0.29, 0.717) is 19.3 Å². The Hall–Kier alpha value is -2.38. The number of likely N-dealkylation sites (tertiary alicyclic amines) is 1. The van der Waals surface area contributed by atoms with Crippen molar-refractivity contribution in [2.45, 2.75) is 39.3 Å². The highest BCUT2D eigenvalue weighted by molar-refractivity contribution is 5.80. The summed E-state index contributed by atoms with van der Waals surface area (Å²) in [6.45, 7) is 11.4. The van der Waals surface area contributed by atoms with Gasteiger partial charge < -0.3 is 14.4 Å². The minimum absolute atomic E-state index is 0.178. The van der Waals surface area contributed by atoms with Gasteiger partial charge in [-0.15, -0.1) is 0 Å². The molecule has 31 heavy (non-hydrogen) atoms. The van der Waals surface area contributed by atoms with Gasteiger partial charge >= 0.3 is 6.09 Å². The maximum atomic E-state index is 11.9. The maximum absolute atomic E-state index is 11.9. The number of carbonyl (C=O) groups excluding carboxylic acids is 1. The van der Waals surface area contributed by atoms with Crippen molar-refractivity contribution in [1.29, 1.82) is 0 Å². The van der Waals surface area contributed by atoms with E-state index < -0.39 is 0 Å². The lowest BCUT2D eigenvalue weighted by molar-refractivity contribution is 0.0410. The average Bonchev–Trinajstić information content (AvgIpc) is 2.80. The molecule has 0 N–H and O–H groups in total. The van der Waals surface area contributed by atoms with Gasteiger partial charge in [-0.1, -0.05) is 6.07 Å². The lowest BCUT2D eigenvalue weighted by atomic mass is 10.0. The first kappa shape index (κ1) is 21.8. The SMILES string of the molecule is CCOC(=O)N1CCN(C2CCCN(Cc3ccc4cc(OCC)ccc4n3)C2)CC1. The molecule has 2 fully saturated rings. The van der Waals surface area contributed by atoms with Gasteiger partial charge in [-0.05, 0) is 57.5 Å². The Morgan fingerprint density at radius 1 is 1.06 bits per heavy atom. The minimum Gasteiger partial charge on any atom is -0.494 e. The molecule has 0 spiro atoms. The zero-order valence-corrected chi connectivity index (χ0v) is 18.8. The molecular formula is C24H34N4O3. The molecule has 2 saturated heterocycles. The van der Waals surface area contributed by atoms with E-state index in [1.807, 2.05) is 30.9 Å². The first-order valence-corrected chi connectivity index (χ1v) is 11.6. The number of pyridine rings is 1. The van der Waals surface area contributed by atoms with E-state index in [1.165, 1.54) is 12.8 Å². The first-order chi connectivity index (χ1) is 15.2. The third-order valence-electron chi connectivity index (χ3n) is 6.25. The van der Waals surface area contributed by atoms with Crippen molar-refractivity contribution in [3.63, 3.8) is 0 Å². The topological polar surface area (TPSA) is 58.1 Å². The summed E-state index contributed by atoms with van der Waals surface area (Å²) in [4.78, 5) is 23.7. The molecular weight excluding hydrogens is 392 g/mol. The van der Waals surface area contributed by atoms with E-state index in [4.69, 9.17) is 14.5 Å². The molecule has 7 nitrogen and oxygen atoms in total. The Labute approximate surface area is 184 Å². The highest BCUT2D eigenvalue weighted by Gasteiger charge is 2.29. The summed E-state index contributed by atoms with van der Waals surface area (Å²) in [6, 6.07) is 10.9. The number of piperazine rings is 1. The number of hydrogen-bond acceptors (Lipinski definition) is 6. The van der Waals surface area contributed by atoms with Crippen LogP contribution in [0.4, 0.5) is 4.79 Å². The third kappa shape index (κ3) is 5.46. The van der Waals surface area contributed by atoms with E-state index in [-0.39, 0.29) is 6.09 Å². The van der Waals surface area contributed by atoms with Gasteiger partial charge in [0.05, 0.1) is 24.4 Å². The standard InChI is InChI=1S/C24H34N4O3/c1-3-30-22-9-10-23-19(16-22)7-8-20(25-23)17-26-11-5-6-21(18-26)27-12-14-28(15-13-27)24(29)31-4-2/h7-10,16,21H,3-6,11-15,17-18H2,1-2H3. The van der Waals surface area contributed by atoms with Crippen LogP contribution in [-0.2, 0) is 11.3 Å². The largest absolute Gasteiger partial charge is 0.494 e. The molecule has 4 rings (SSSR count). The summed E-state index contributed by atoms with van der Waals surface area (Å²) in [6.07, 6.45) is 2.25. The van der Waals surface area contributed by atoms with Gasteiger partial charge in [-0.2, -0.15) is 0 Å². The van der Waals surface area contributed by atoms with E-state index in [2.05, 4.69) is 28.0 Å². The van der Waals surface area contributed by atoms with Gasteiger partial charge in [0, 0.05) is 50.7 Å².